The minimum Gasteiger partial charge on any atom is -0.497 e. The molecule has 0 radical (unpaired) electrons. The zero-order chi connectivity index (χ0) is 14.4. The number of benzene rings is 1. The second kappa shape index (κ2) is 7.03. The topological polar surface area (TPSA) is 51.4 Å². The van der Waals surface area contributed by atoms with Crippen molar-refractivity contribution >= 4 is 0 Å². The Bertz CT molecular complexity index is 557. The molecule has 0 spiro atoms. The largest absolute Gasteiger partial charge is 0.497 e. The van der Waals surface area contributed by atoms with Crippen LogP contribution < -0.4 is 10.5 Å². The standard InChI is InChI=1S/C16H21N3O/c1-19(11-13-5-3-7-15(9-13)20-2)12-14-6-4-8-18-16(14)10-17/h3-9H,10-12,17H2,1-2H3. The van der Waals surface area contributed by atoms with Gasteiger partial charge in [0.05, 0.1) is 12.8 Å². The van der Waals surface area contributed by atoms with Gasteiger partial charge >= 0.3 is 0 Å². The second-order valence-corrected chi connectivity index (χ2v) is 4.84. The van der Waals surface area contributed by atoms with Gasteiger partial charge in [0.15, 0.2) is 0 Å². The van der Waals surface area contributed by atoms with Gasteiger partial charge in [0.25, 0.3) is 0 Å². The van der Waals surface area contributed by atoms with Crippen molar-refractivity contribution in [1.82, 2.24) is 9.88 Å². The van der Waals surface area contributed by atoms with E-state index in [1.54, 1.807) is 13.3 Å². The number of hydrogen-bond donors (Lipinski definition) is 1. The summed E-state index contributed by atoms with van der Waals surface area (Å²) in [4.78, 5) is 6.55. The summed E-state index contributed by atoms with van der Waals surface area (Å²) in [7, 11) is 3.78. The van der Waals surface area contributed by atoms with Crippen molar-refractivity contribution in [2.75, 3.05) is 14.2 Å². The molecule has 1 aromatic heterocycles. The van der Waals surface area contributed by atoms with E-state index in [0.29, 0.717) is 6.54 Å². The molecule has 2 rings (SSSR count). The number of methoxy groups -OCH3 is 1. The normalized spacial score (nSPS) is 10.8. The molecule has 4 nitrogen and oxygen atoms in total. The van der Waals surface area contributed by atoms with Gasteiger partial charge in [-0.05, 0) is 36.4 Å². The first-order valence-electron chi connectivity index (χ1n) is 6.67. The molecule has 4 heteroatoms. The molecule has 1 aromatic carbocycles. The van der Waals surface area contributed by atoms with Crippen molar-refractivity contribution < 1.29 is 4.74 Å². The van der Waals surface area contributed by atoms with Crippen molar-refractivity contribution in [3.63, 3.8) is 0 Å². The van der Waals surface area contributed by atoms with Gasteiger partial charge in [0.2, 0.25) is 0 Å². The fourth-order valence-corrected chi connectivity index (χ4v) is 2.23. The minimum absolute atomic E-state index is 0.475. The lowest BCUT2D eigenvalue weighted by Gasteiger charge is -2.18. The van der Waals surface area contributed by atoms with Gasteiger partial charge in [-0.15, -0.1) is 0 Å². The van der Waals surface area contributed by atoms with Gasteiger partial charge in [-0.25, -0.2) is 0 Å². The smallest absolute Gasteiger partial charge is 0.119 e. The van der Waals surface area contributed by atoms with E-state index in [0.717, 1.165) is 24.5 Å². The lowest BCUT2D eigenvalue weighted by molar-refractivity contribution is 0.316. The summed E-state index contributed by atoms with van der Waals surface area (Å²) in [5, 5.41) is 0. The predicted octanol–water partition coefficient (Wildman–Crippen LogP) is 2.18. The minimum atomic E-state index is 0.475. The van der Waals surface area contributed by atoms with E-state index in [1.165, 1.54) is 11.1 Å². The Morgan fingerprint density at radius 2 is 2.05 bits per heavy atom. The summed E-state index contributed by atoms with van der Waals surface area (Å²) in [5.41, 5.74) is 9.09. The monoisotopic (exact) mass is 271 g/mol. The van der Waals surface area contributed by atoms with Crippen LogP contribution in [0.15, 0.2) is 42.6 Å². The SMILES string of the molecule is COc1cccc(CN(C)Cc2cccnc2CN)c1. The maximum Gasteiger partial charge on any atom is 0.119 e. The zero-order valence-corrected chi connectivity index (χ0v) is 12.0. The van der Waals surface area contributed by atoms with Crippen LogP contribution in [0.5, 0.6) is 5.75 Å². The number of rotatable bonds is 6. The number of hydrogen-bond acceptors (Lipinski definition) is 4. The second-order valence-electron chi connectivity index (χ2n) is 4.84. The van der Waals surface area contributed by atoms with Crippen LogP contribution in [0.2, 0.25) is 0 Å². The van der Waals surface area contributed by atoms with E-state index in [1.807, 2.05) is 18.2 Å². The lowest BCUT2D eigenvalue weighted by atomic mass is 10.1. The number of ether oxygens (including phenoxy) is 1. The van der Waals surface area contributed by atoms with Crippen molar-refractivity contribution in [1.29, 1.82) is 0 Å². The van der Waals surface area contributed by atoms with E-state index in [-0.39, 0.29) is 0 Å². The maximum absolute atomic E-state index is 5.72. The summed E-state index contributed by atoms with van der Waals surface area (Å²) < 4.78 is 5.25. The highest BCUT2D eigenvalue weighted by Crippen LogP contribution is 2.15. The van der Waals surface area contributed by atoms with Gasteiger partial charge in [0, 0.05) is 25.8 Å². The fourth-order valence-electron chi connectivity index (χ4n) is 2.23. The van der Waals surface area contributed by atoms with Gasteiger partial charge in [-0.2, -0.15) is 0 Å². The first-order chi connectivity index (χ1) is 9.72. The van der Waals surface area contributed by atoms with Crippen molar-refractivity contribution in [2.24, 2.45) is 5.73 Å². The van der Waals surface area contributed by atoms with Gasteiger partial charge in [-0.1, -0.05) is 18.2 Å². The highest BCUT2D eigenvalue weighted by molar-refractivity contribution is 5.28. The van der Waals surface area contributed by atoms with Crippen molar-refractivity contribution in [2.45, 2.75) is 19.6 Å². The molecule has 2 aromatic rings. The Morgan fingerprint density at radius 3 is 2.80 bits per heavy atom. The average molecular weight is 271 g/mol. The molecule has 0 saturated heterocycles. The molecule has 0 amide bonds. The third-order valence-electron chi connectivity index (χ3n) is 3.20. The van der Waals surface area contributed by atoms with Gasteiger partial charge in [-0.3, -0.25) is 9.88 Å². The third-order valence-corrected chi connectivity index (χ3v) is 3.20. The number of nitrogens with zero attached hydrogens (tertiary/aromatic N) is 2. The number of aromatic nitrogens is 1. The van der Waals surface area contributed by atoms with Gasteiger partial charge in [0.1, 0.15) is 5.75 Å². The van der Waals surface area contributed by atoms with Crippen LogP contribution in [-0.2, 0) is 19.6 Å². The highest BCUT2D eigenvalue weighted by atomic mass is 16.5. The maximum atomic E-state index is 5.72. The molecule has 0 fully saturated rings. The Kier molecular flexibility index (Phi) is 5.09. The Balaban J connectivity index is 2.03. The van der Waals surface area contributed by atoms with Crippen LogP contribution in [-0.4, -0.2) is 24.0 Å². The van der Waals surface area contributed by atoms with Crippen LogP contribution in [0.4, 0.5) is 0 Å². The quantitative estimate of drug-likeness (QED) is 0.875. The van der Waals surface area contributed by atoms with Crippen molar-refractivity contribution in [3.05, 3.63) is 59.4 Å². The number of nitrogens with two attached hydrogens (primary N) is 1. The molecule has 0 aliphatic carbocycles. The molecule has 1 heterocycles. The Morgan fingerprint density at radius 1 is 1.20 bits per heavy atom. The van der Waals surface area contributed by atoms with Crippen LogP contribution in [0.1, 0.15) is 16.8 Å². The molecule has 2 N–H and O–H groups in total. The van der Waals surface area contributed by atoms with Crippen LogP contribution in [0.25, 0.3) is 0 Å². The van der Waals surface area contributed by atoms with E-state index in [4.69, 9.17) is 10.5 Å². The lowest BCUT2D eigenvalue weighted by Crippen LogP contribution is -2.19. The van der Waals surface area contributed by atoms with E-state index >= 15 is 0 Å². The van der Waals surface area contributed by atoms with E-state index in [9.17, 15) is 0 Å². The fraction of sp³-hybridized carbons (Fsp3) is 0.312. The van der Waals surface area contributed by atoms with Crippen LogP contribution >= 0.6 is 0 Å². The molecule has 0 bridgehead atoms. The Hall–Kier alpha value is -1.91. The number of pyridine rings is 1. The average Bonchev–Trinajstić information content (AvgIpc) is 2.48. The molecular formula is C16H21N3O. The summed E-state index contributed by atoms with van der Waals surface area (Å²) >= 11 is 0. The molecule has 106 valence electrons. The predicted molar refractivity (Wildman–Crippen MR) is 80.3 cm³/mol. The molecule has 0 aliphatic heterocycles. The summed E-state index contributed by atoms with van der Waals surface area (Å²) in [6.45, 7) is 2.16. The van der Waals surface area contributed by atoms with Crippen LogP contribution in [0, 0.1) is 0 Å². The third kappa shape index (κ3) is 3.79. The van der Waals surface area contributed by atoms with E-state index < -0.39 is 0 Å². The summed E-state index contributed by atoms with van der Waals surface area (Å²) in [6.07, 6.45) is 1.79. The van der Waals surface area contributed by atoms with E-state index in [2.05, 4.69) is 35.1 Å². The van der Waals surface area contributed by atoms with Crippen LogP contribution in [0.3, 0.4) is 0 Å². The molecule has 0 aliphatic rings. The summed E-state index contributed by atoms with van der Waals surface area (Å²) in [6, 6.07) is 12.2. The Labute approximate surface area is 120 Å². The summed E-state index contributed by atoms with van der Waals surface area (Å²) in [5.74, 6) is 0.889. The first-order valence-corrected chi connectivity index (χ1v) is 6.67. The van der Waals surface area contributed by atoms with Crippen molar-refractivity contribution in [3.8, 4) is 5.75 Å². The molecule has 0 atom stereocenters. The molecule has 0 saturated carbocycles. The molecule has 20 heavy (non-hydrogen) atoms. The van der Waals surface area contributed by atoms with Gasteiger partial charge < -0.3 is 10.5 Å². The zero-order valence-electron chi connectivity index (χ0n) is 12.0. The molecule has 0 unspecified atom stereocenters. The first kappa shape index (κ1) is 14.5. The molecular weight excluding hydrogens is 250 g/mol. The highest BCUT2D eigenvalue weighted by Gasteiger charge is 2.06.